The third-order valence-corrected chi connectivity index (χ3v) is 4.29. The lowest BCUT2D eigenvalue weighted by Gasteiger charge is -2.10. The van der Waals surface area contributed by atoms with Crippen LogP contribution < -0.4 is 10.1 Å². The van der Waals surface area contributed by atoms with Crippen LogP contribution in [0.25, 0.3) is 22.6 Å². The van der Waals surface area contributed by atoms with Gasteiger partial charge in [-0.1, -0.05) is 23.7 Å². The highest BCUT2D eigenvalue weighted by Crippen LogP contribution is 2.26. The van der Waals surface area contributed by atoms with Gasteiger partial charge in [-0.05, 0) is 25.1 Å². The molecule has 4 rings (SSSR count). The number of carbonyl (C=O) groups excluding carboxylic acids is 1. The maximum atomic E-state index is 12.9. The van der Waals surface area contributed by atoms with E-state index in [0.717, 1.165) is 5.56 Å². The molecule has 0 bridgehead atoms. The molecule has 0 unspecified atom stereocenters. The zero-order valence-electron chi connectivity index (χ0n) is 14.9. The number of H-pyrrole nitrogens is 1. The number of amides is 1. The van der Waals surface area contributed by atoms with E-state index < -0.39 is 0 Å². The number of hydrogen-bond acceptors (Lipinski definition) is 5. The quantitative estimate of drug-likeness (QED) is 0.526. The molecule has 0 atom stereocenters. The summed E-state index contributed by atoms with van der Waals surface area (Å²) in [4.78, 5) is 28.9. The summed E-state index contributed by atoms with van der Waals surface area (Å²) in [5.41, 5.74) is 2.67. The number of carbonyl (C=O) groups is 1. The number of pyridine rings is 2. The summed E-state index contributed by atoms with van der Waals surface area (Å²) in [6, 6.07) is 10.6. The fourth-order valence-electron chi connectivity index (χ4n) is 2.81. The molecule has 3 aromatic heterocycles. The smallest absolute Gasteiger partial charge is 0.258 e. The number of fused-ring (bicyclic) bond motifs is 1. The van der Waals surface area contributed by atoms with Crippen molar-refractivity contribution in [3.63, 3.8) is 0 Å². The minimum absolute atomic E-state index is 0.328. The number of imidazole rings is 1. The van der Waals surface area contributed by atoms with Gasteiger partial charge in [0.05, 0.1) is 18.4 Å². The highest BCUT2D eigenvalue weighted by Gasteiger charge is 2.17. The summed E-state index contributed by atoms with van der Waals surface area (Å²) in [6.45, 7) is 2.36. The van der Waals surface area contributed by atoms with Crippen LogP contribution >= 0.6 is 11.6 Å². The number of nitrogens with one attached hydrogen (secondary N) is 2. The Kier molecular flexibility index (Phi) is 4.90. The van der Waals surface area contributed by atoms with Crippen molar-refractivity contribution in [3.05, 3.63) is 65.6 Å². The number of benzene rings is 1. The van der Waals surface area contributed by atoms with Crippen molar-refractivity contribution in [3.8, 4) is 17.1 Å². The first-order valence-electron chi connectivity index (χ1n) is 8.64. The Balaban J connectivity index is 1.70. The van der Waals surface area contributed by atoms with Crippen LogP contribution in [0.4, 0.5) is 5.69 Å². The molecule has 1 aromatic carbocycles. The van der Waals surface area contributed by atoms with Crippen LogP contribution in [0.3, 0.4) is 0 Å². The summed E-state index contributed by atoms with van der Waals surface area (Å²) in [5, 5.41) is 3.43. The van der Waals surface area contributed by atoms with Gasteiger partial charge in [0.1, 0.15) is 22.8 Å². The van der Waals surface area contributed by atoms with Crippen molar-refractivity contribution >= 4 is 34.4 Å². The molecule has 140 valence electrons. The molecule has 3 heterocycles. The number of rotatable bonds is 5. The van der Waals surface area contributed by atoms with Crippen LogP contribution in [0.5, 0.6) is 5.75 Å². The number of aromatic amines is 1. The first-order chi connectivity index (χ1) is 13.7. The van der Waals surface area contributed by atoms with Gasteiger partial charge < -0.3 is 15.0 Å². The van der Waals surface area contributed by atoms with Gasteiger partial charge in [-0.25, -0.2) is 9.97 Å². The fourth-order valence-corrected chi connectivity index (χ4v) is 3.00. The van der Waals surface area contributed by atoms with Gasteiger partial charge in [-0.3, -0.25) is 9.78 Å². The van der Waals surface area contributed by atoms with Crippen molar-refractivity contribution in [2.45, 2.75) is 6.92 Å². The number of halogens is 1. The monoisotopic (exact) mass is 393 g/mol. The highest BCUT2D eigenvalue weighted by molar-refractivity contribution is 6.30. The van der Waals surface area contributed by atoms with Gasteiger partial charge in [0.15, 0.2) is 5.65 Å². The Hall–Kier alpha value is -3.45. The lowest BCUT2D eigenvalue weighted by Crippen LogP contribution is -2.14. The topological polar surface area (TPSA) is 92.8 Å². The van der Waals surface area contributed by atoms with Gasteiger partial charge in [-0.2, -0.15) is 0 Å². The zero-order valence-corrected chi connectivity index (χ0v) is 15.7. The number of ether oxygens (including phenoxy) is 1. The zero-order chi connectivity index (χ0) is 19.5. The third-order valence-electron chi connectivity index (χ3n) is 4.06. The summed E-state index contributed by atoms with van der Waals surface area (Å²) in [6.07, 6.45) is 4.71. The van der Waals surface area contributed by atoms with E-state index in [-0.39, 0.29) is 5.91 Å². The number of hydrogen-bond donors (Lipinski definition) is 2. The average molecular weight is 394 g/mol. The first kappa shape index (κ1) is 17.9. The van der Waals surface area contributed by atoms with E-state index in [9.17, 15) is 4.79 Å². The maximum absolute atomic E-state index is 12.9. The Labute approximate surface area is 165 Å². The predicted molar refractivity (Wildman–Crippen MR) is 108 cm³/mol. The standard InChI is InChI=1S/C20H16ClN5O2/c1-2-28-16-7-8-22-11-15(16)24-20(27)14-6-9-23-19-17(14)25-18(26-19)12-4-3-5-13(21)10-12/h3-11H,2H2,1H3,(H,24,27)(H,23,25,26). The van der Waals surface area contributed by atoms with E-state index in [4.69, 9.17) is 16.3 Å². The third kappa shape index (κ3) is 3.52. The normalized spacial score (nSPS) is 10.8. The lowest BCUT2D eigenvalue weighted by atomic mass is 10.2. The van der Waals surface area contributed by atoms with Crippen LogP contribution in [0.15, 0.2) is 55.0 Å². The summed E-state index contributed by atoms with van der Waals surface area (Å²) < 4.78 is 5.53. The molecule has 0 aliphatic heterocycles. The first-order valence-corrected chi connectivity index (χ1v) is 9.02. The van der Waals surface area contributed by atoms with E-state index in [1.807, 2.05) is 19.1 Å². The summed E-state index contributed by atoms with van der Waals surface area (Å²) in [7, 11) is 0. The molecule has 4 aromatic rings. The largest absolute Gasteiger partial charge is 0.492 e. The van der Waals surface area contributed by atoms with Crippen LogP contribution in [-0.4, -0.2) is 32.4 Å². The van der Waals surface area contributed by atoms with Gasteiger partial charge >= 0.3 is 0 Å². The molecule has 0 saturated heterocycles. The van der Waals surface area contributed by atoms with Crippen molar-refractivity contribution in [2.24, 2.45) is 0 Å². The molecule has 7 nitrogen and oxygen atoms in total. The van der Waals surface area contributed by atoms with Gasteiger partial charge in [0.25, 0.3) is 5.91 Å². The number of aromatic nitrogens is 4. The van der Waals surface area contributed by atoms with E-state index in [0.29, 0.717) is 45.6 Å². The predicted octanol–water partition coefficient (Wildman–Crippen LogP) is 4.32. The average Bonchev–Trinajstić information content (AvgIpc) is 3.14. The Morgan fingerprint density at radius 2 is 2.14 bits per heavy atom. The molecular formula is C20H16ClN5O2. The van der Waals surface area contributed by atoms with Gasteiger partial charge in [0.2, 0.25) is 0 Å². The number of nitrogens with zero attached hydrogens (tertiary/aromatic N) is 3. The van der Waals surface area contributed by atoms with E-state index in [1.165, 1.54) is 0 Å². The van der Waals surface area contributed by atoms with Crippen molar-refractivity contribution in [2.75, 3.05) is 11.9 Å². The fraction of sp³-hybridized carbons (Fsp3) is 0.100. The molecule has 0 aliphatic carbocycles. The summed E-state index contributed by atoms with van der Waals surface area (Å²) >= 11 is 6.07. The Morgan fingerprint density at radius 3 is 2.96 bits per heavy atom. The molecule has 2 N–H and O–H groups in total. The maximum Gasteiger partial charge on any atom is 0.258 e. The molecule has 8 heteroatoms. The molecule has 28 heavy (non-hydrogen) atoms. The second kappa shape index (κ2) is 7.66. The van der Waals surface area contributed by atoms with E-state index in [1.54, 1.807) is 42.9 Å². The molecule has 1 amide bonds. The van der Waals surface area contributed by atoms with E-state index >= 15 is 0 Å². The molecule has 0 fully saturated rings. The molecule has 0 spiro atoms. The van der Waals surface area contributed by atoms with Crippen molar-refractivity contribution in [1.29, 1.82) is 0 Å². The minimum atomic E-state index is -0.328. The van der Waals surface area contributed by atoms with E-state index in [2.05, 4.69) is 25.3 Å². The second-order valence-electron chi connectivity index (χ2n) is 5.91. The highest BCUT2D eigenvalue weighted by atomic mass is 35.5. The van der Waals surface area contributed by atoms with Crippen molar-refractivity contribution < 1.29 is 9.53 Å². The van der Waals surface area contributed by atoms with Gasteiger partial charge in [-0.15, -0.1) is 0 Å². The van der Waals surface area contributed by atoms with Crippen LogP contribution in [-0.2, 0) is 0 Å². The molecular weight excluding hydrogens is 378 g/mol. The van der Waals surface area contributed by atoms with Crippen molar-refractivity contribution in [1.82, 2.24) is 19.9 Å². The Bertz CT molecular complexity index is 1160. The molecule has 0 aliphatic rings. The molecule has 0 radical (unpaired) electrons. The van der Waals surface area contributed by atoms with Crippen LogP contribution in [0, 0.1) is 0 Å². The second-order valence-corrected chi connectivity index (χ2v) is 6.35. The minimum Gasteiger partial charge on any atom is -0.492 e. The SMILES string of the molecule is CCOc1ccncc1NC(=O)c1ccnc2[nH]c(-c3cccc(Cl)c3)nc12. The van der Waals surface area contributed by atoms with Crippen LogP contribution in [0.1, 0.15) is 17.3 Å². The number of anilines is 1. The lowest BCUT2D eigenvalue weighted by molar-refractivity contribution is 0.102. The summed E-state index contributed by atoms with van der Waals surface area (Å²) in [5.74, 6) is 0.810. The Morgan fingerprint density at radius 1 is 1.25 bits per heavy atom. The molecule has 0 saturated carbocycles. The van der Waals surface area contributed by atoms with Gasteiger partial charge in [0, 0.05) is 29.0 Å². The van der Waals surface area contributed by atoms with Crippen LogP contribution in [0.2, 0.25) is 5.02 Å².